The van der Waals surface area contributed by atoms with E-state index in [1.807, 2.05) is 6.92 Å². The summed E-state index contributed by atoms with van der Waals surface area (Å²) >= 11 is 0. The third kappa shape index (κ3) is 4.56. The van der Waals surface area contributed by atoms with E-state index < -0.39 is 30.2 Å². The Morgan fingerprint density at radius 2 is 1.88 bits per heavy atom. The normalized spacial score (nSPS) is 10.6. The average molecular weight is 347 g/mol. The van der Waals surface area contributed by atoms with Crippen LogP contribution in [-0.4, -0.2) is 46.8 Å². The van der Waals surface area contributed by atoms with Crippen LogP contribution in [-0.2, 0) is 20.9 Å². The van der Waals surface area contributed by atoms with Crippen molar-refractivity contribution in [3.8, 4) is 0 Å². The number of carbonyl (C=O) groups excluding carboxylic acids is 2. The maximum atomic E-state index is 12.3. The zero-order chi connectivity index (χ0) is 18.4. The predicted molar refractivity (Wildman–Crippen MR) is 92.3 cm³/mol. The third-order valence-electron chi connectivity index (χ3n) is 3.80. The van der Waals surface area contributed by atoms with Gasteiger partial charge in [-0.3, -0.25) is 24.3 Å². The molecule has 0 radical (unpaired) electrons. The van der Waals surface area contributed by atoms with Gasteiger partial charge in [0.25, 0.3) is 17.0 Å². The fraction of sp³-hybridized carbons (Fsp3) is 0.412. The van der Waals surface area contributed by atoms with E-state index in [2.05, 4.69) is 5.10 Å². The Kier molecular flexibility index (Phi) is 6.10. The van der Waals surface area contributed by atoms with Crippen molar-refractivity contribution in [1.29, 1.82) is 0 Å². The lowest BCUT2D eigenvalue weighted by atomic mass is 10.2. The molecule has 0 atom stereocenters. The Morgan fingerprint density at radius 1 is 1.20 bits per heavy atom. The van der Waals surface area contributed by atoms with Crippen LogP contribution in [0.2, 0.25) is 0 Å². The summed E-state index contributed by atoms with van der Waals surface area (Å²) in [5, 5.41) is 2.81. The smallest absolute Gasteiger partial charge is 0.328 e. The SMILES string of the molecule is CCCCN(C)C(=O)COC(=O)Cn1[nH]c(=O)c2ccccc2c1=O. The zero-order valence-electron chi connectivity index (χ0n) is 14.3. The van der Waals surface area contributed by atoms with E-state index in [0.29, 0.717) is 6.54 Å². The third-order valence-corrected chi connectivity index (χ3v) is 3.80. The summed E-state index contributed by atoms with van der Waals surface area (Å²) in [5.41, 5.74) is -0.975. The summed E-state index contributed by atoms with van der Waals surface area (Å²) in [7, 11) is 1.64. The predicted octanol–water partition coefficient (Wildman–Crippen LogP) is 0.491. The molecule has 0 saturated heterocycles. The number of nitrogens with zero attached hydrogens (tertiary/aromatic N) is 2. The lowest BCUT2D eigenvalue weighted by Gasteiger charge is -2.16. The largest absolute Gasteiger partial charge is 0.454 e. The van der Waals surface area contributed by atoms with Crippen LogP contribution in [0.15, 0.2) is 33.9 Å². The fourth-order valence-corrected chi connectivity index (χ4v) is 2.31. The van der Waals surface area contributed by atoms with Gasteiger partial charge in [-0.25, -0.2) is 4.68 Å². The van der Waals surface area contributed by atoms with Crippen molar-refractivity contribution in [3.63, 3.8) is 0 Å². The van der Waals surface area contributed by atoms with Crippen molar-refractivity contribution in [2.75, 3.05) is 20.2 Å². The summed E-state index contributed by atoms with van der Waals surface area (Å²) < 4.78 is 5.79. The van der Waals surface area contributed by atoms with Gasteiger partial charge in [0.15, 0.2) is 6.61 Å². The summed E-state index contributed by atoms with van der Waals surface area (Å²) in [4.78, 5) is 49.4. The molecule has 25 heavy (non-hydrogen) atoms. The van der Waals surface area contributed by atoms with Crippen LogP contribution in [0, 0.1) is 0 Å². The molecule has 0 unspecified atom stereocenters. The molecule has 0 spiro atoms. The monoisotopic (exact) mass is 347 g/mol. The number of benzene rings is 1. The number of hydrogen-bond donors (Lipinski definition) is 1. The quantitative estimate of drug-likeness (QED) is 0.735. The number of aromatic nitrogens is 2. The van der Waals surface area contributed by atoms with Gasteiger partial charge in [0.2, 0.25) is 0 Å². The molecule has 0 saturated carbocycles. The van der Waals surface area contributed by atoms with E-state index in [0.717, 1.165) is 17.5 Å². The van der Waals surface area contributed by atoms with Gasteiger partial charge in [0.1, 0.15) is 6.54 Å². The van der Waals surface area contributed by atoms with Crippen LogP contribution >= 0.6 is 0 Å². The van der Waals surface area contributed by atoms with E-state index in [9.17, 15) is 19.2 Å². The highest BCUT2D eigenvalue weighted by molar-refractivity contribution is 5.81. The highest BCUT2D eigenvalue weighted by Crippen LogP contribution is 2.02. The number of carbonyl (C=O) groups is 2. The van der Waals surface area contributed by atoms with Crippen LogP contribution in [0.1, 0.15) is 19.8 Å². The number of aromatic amines is 1. The molecule has 1 heterocycles. The van der Waals surface area contributed by atoms with Crippen molar-refractivity contribution in [2.45, 2.75) is 26.3 Å². The molecule has 2 aromatic rings. The van der Waals surface area contributed by atoms with Gasteiger partial charge in [0, 0.05) is 13.6 Å². The number of esters is 1. The lowest BCUT2D eigenvalue weighted by Crippen LogP contribution is -2.35. The van der Waals surface area contributed by atoms with Crippen molar-refractivity contribution < 1.29 is 14.3 Å². The van der Waals surface area contributed by atoms with Gasteiger partial charge < -0.3 is 9.64 Å². The first-order valence-electron chi connectivity index (χ1n) is 8.05. The Labute approximate surface area is 144 Å². The number of rotatable bonds is 7. The molecule has 1 aromatic carbocycles. The van der Waals surface area contributed by atoms with E-state index in [4.69, 9.17) is 4.74 Å². The maximum absolute atomic E-state index is 12.3. The van der Waals surface area contributed by atoms with Crippen molar-refractivity contribution >= 4 is 22.6 Å². The first-order valence-corrected chi connectivity index (χ1v) is 8.05. The molecule has 1 N–H and O–H groups in total. The molecule has 1 amide bonds. The minimum atomic E-state index is -0.773. The molecule has 1 aromatic heterocycles. The van der Waals surface area contributed by atoms with E-state index >= 15 is 0 Å². The topological polar surface area (TPSA) is 101 Å². The zero-order valence-corrected chi connectivity index (χ0v) is 14.3. The number of H-pyrrole nitrogens is 1. The Morgan fingerprint density at radius 3 is 2.56 bits per heavy atom. The number of amides is 1. The first kappa shape index (κ1) is 18.4. The van der Waals surface area contributed by atoms with Crippen molar-refractivity contribution in [2.24, 2.45) is 0 Å². The number of hydrogen-bond acceptors (Lipinski definition) is 5. The molecule has 0 aliphatic carbocycles. The second-order valence-electron chi connectivity index (χ2n) is 5.71. The molecular weight excluding hydrogens is 326 g/mol. The molecular formula is C17H21N3O5. The standard InChI is InChI=1S/C17H21N3O5/c1-3-4-9-19(2)14(21)11-25-15(22)10-20-17(24)13-8-6-5-7-12(13)16(23)18-20/h5-8H,3-4,9-11H2,1-2H3,(H,18,23). The van der Waals surface area contributed by atoms with Crippen molar-refractivity contribution in [3.05, 3.63) is 45.0 Å². The number of likely N-dealkylation sites (N-methyl/N-ethyl adjacent to an activating group) is 1. The molecule has 0 aliphatic heterocycles. The van der Waals surface area contributed by atoms with E-state index in [-0.39, 0.29) is 16.7 Å². The lowest BCUT2D eigenvalue weighted by molar-refractivity contribution is -0.152. The Bertz CT molecular complexity index is 884. The highest BCUT2D eigenvalue weighted by Gasteiger charge is 2.14. The molecule has 0 aliphatic rings. The number of nitrogens with one attached hydrogen (secondary N) is 1. The number of unbranched alkanes of at least 4 members (excludes halogenated alkanes) is 1. The fourth-order valence-electron chi connectivity index (χ4n) is 2.31. The minimum Gasteiger partial charge on any atom is -0.454 e. The van der Waals surface area contributed by atoms with Gasteiger partial charge in [0.05, 0.1) is 10.8 Å². The summed E-state index contributed by atoms with van der Waals surface area (Å²) in [5.74, 6) is -1.09. The number of ether oxygens (including phenoxy) is 1. The number of fused-ring (bicyclic) bond motifs is 1. The maximum Gasteiger partial charge on any atom is 0.328 e. The summed E-state index contributed by atoms with van der Waals surface area (Å²) in [6.07, 6.45) is 1.82. The first-order chi connectivity index (χ1) is 11.9. The van der Waals surface area contributed by atoms with Crippen LogP contribution in [0.3, 0.4) is 0 Å². The second kappa shape index (κ2) is 8.27. The molecule has 2 rings (SSSR count). The van der Waals surface area contributed by atoms with Gasteiger partial charge in [-0.15, -0.1) is 0 Å². The van der Waals surface area contributed by atoms with Gasteiger partial charge in [-0.2, -0.15) is 0 Å². The highest BCUT2D eigenvalue weighted by atomic mass is 16.5. The molecule has 0 bridgehead atoms. The van der Waals surface area contributed by atoms with Gasteiger partial charge >= 0.3 is 5.97 Å². The van der Waals surface area contributed by atoms with Crippen LogP contribution < -0.4 is 11.1 Å². The Balaban J connectivity index is 2.03. The summed E-state index contributed by atoms with van der Waals surface area (Å²) in [6, 6.07) is 6.33. The van der Waals surface area contributed by atoms with E-state index in [1.54, 1.807) is 19.2 Å². The molecule has 8 nitrogen and oxygen atoms in total. The van der Waals surface area contributed by atoms with Crippen LogP contribution in [0.5, 0.6) is 0 Å². The molecule has 0 fully saturated rings. The second-order valence-corrected chi connectivity index (χ2v) is 5.71. The van der Waals surface area contributed by atoms with E-state index in [1.165, 1.54) is 17.0 Å². The Hall–Kier alpha value is -2.90. The van der Waals surface area contributed by atoms with Gasteiger partial charge in [-0.1, -0.05) is 25.5 Å². The molecule has 134 valence electrons. The molecule has 8 heteroatoms. The van der Waals surface area contributed by atoms with Crippen LogP contribution in [0.25, 0.3) is 10.8 Å². The summed E-state index contributed by atoms with van der Waals surface area (Å²) in [6.45, 7) is 1.74. The van der Waals surface area contributed by atoms with Crippen LogP contribution in [0.4, 0.5) is 0 Å². The average Bonchev–Trinajstić information content (AvgIpc) is 2.61. The van der Waals surface area contributed by atoms with Gasteiger partial charge in [-0.05, 0) is 18.6 Å². The van der Waals surface area contributed by atoms with Crippen molar-refractivity contribution in [1.82, 2.24) is 14.7 Å². The minimum absolute atomic E-state index is 0.217.